The lowest BCUT2D eigenvalue weighted by molar-refractivity contribution is -0.147. The molecule has 12 aliphatic rings. The smallest absolute Gasteiger partial charge is 0.307 e. The van der Waals surface area contributed by atoms with E-state index in [1.165, 1.54) is 25.7 Å². The third-order valence-electron chi connectivity index (χ3n) is 32.9. The van der Waals surface area contributed by atoms with Crippen molar-refractivity contribution in [3.8, 4) is 0 Å². The maximum absolute atomic E-state index is 15.2. The summed E-state index contributed by atoms with van der Waals surface area (Å²) >= 11 is 0. The van der Waals surface area contributed by atoms with Gasteiger partial charge in [-0.3, -0.25) is 47.9 Å². The van der Waals surface area contributed by atoms with Crippen LogP contribution in [0.15, 0.2) is 0 Å². The molecule has 0 bridgehead atoms. The van der Waals surface area contributed by atoms with Gasteiger partial charge in [-0.2, -0.15) is 0 Å². The van der Waals surface area contributed by atoms with E-state index < -0.39 is 70.8 Å². The summed E-state index contributed by atoms with van der Waals surface area (Å²) in [6.07, 6.45) is 28.5. The van der Waals surface area contributed by atoms with Crippen LogP contribution in [-0.4, -0.2) is 176 Å². The predicted molar refractivity (Wildman–Crippen MR) is 435 cm³/mol. The summed E-state index contributed by atoms with van der Waals surface area (Å²) in [5.74, 6) is -2.18. The highest BCUT2D eigenvalue weighted by molar-refractivity contribution is 5.97. The Morgan fingerprint density at radius 3 is 1.20 bits per heavy atom. The number of fused-ring (bicyclic) bond motifs is 2. The summed E-state index contributed by atoms with van der Waals surface area (Å²) < 4.78 is 0. The van der Waals surface area contributed by atoms with E-state index in [1.54, 1.807) is 0 Å². The molecule has 0 radical (unpaired) electrons. The number of aliphatic hydroxyl groups is 2. The molecule has 2 unspecified atom stereocenters. The fourth-order valence-electron chi connectivity index (χ4n) is 24.3. The van der Waals surface area contributed by atoms with Crippen LogP contribution >= 0.6 is 0 Å². The minimum absolute atomic E-state index is 0.00967. The summed E-state index contributed by atoms with van der Waals surface area (Å²) in [5, 5.41) is 34.4. The molecule has 14 atom stereocenters. The van der Waals surface area contributed by atoms with E-state index in [9.17, 15) is 53.4 Å². The first-order valence-electron chi connectivity index (χ1n) is 45.4. The van der Waals surface area contributed by atoms with Gasteiger partial charge in [-0.05, 0) is 223 Å². The molecular weight excluding hydrogens is 1400 g/mol. The molecule has 4 N–H and O–H groups in total. The van der Waals surface area contributed by atoms with Gasteiger partial charge in [0.05, 0.1) is 30.0 Å². The molecule has 0 aromatic carbocycles. The Bertz CT molecular complexity index is 3280. The van der Waals surface area contributed by atoms with Crippen LogP contribution in [0.3, 0.4) is 0 Å². The molecule has 0 aromatic rings. The van der Waals surface area contributed by atoms with E-state index in [0.29, 0.717) is 75.9 Å². The molecule has 4 heterocycles. The molecule has 8 aliphatic carbocycles. The predicted octanol–water partition coefficient (Wildman–Crippen LogP) is 15.8. The highest BCUT2D eigenvalue weighted by atomic mass is 16.4. The van der Waals surface area contributed by atoms with Gasteiger partial charge in [0, 0.05) is 93.3 Å². The number of piperidine rings is 2. The zero-order chi connectivity index (χ0) is 81.1. The van der Waals surface area contributed by atoms with Crippen molar-refractivity contribution in [2.24, 2.45) is 108 Å². The molecule has 0 aromatic heterocycles. The number of carboxylic acid groups (broad SMARTS) is 1. The van der Waals surface area contributed by atoms with Crippen LogP contribution in [0.25, 0.3) is 0 Å². The number of Topliss-reactive ketones (excluding diaryl/α,β-unsaturated/α-hetero) is 6. The molecule has 18 heteroatoms. The number of hydrogen-bond acceptors (Lipinski definition) is 14. The van der Waals surface area contributed by atoms with E-state index in [4.69, 9.17) is 5.11 Å². The lowest BCUT2D eigenvalue weighted by Gasteiger charge is -2.38. The molecule has 111 heavy (non-hydrogen) atoms. The minimum Gasteiger partial charge on any atom is -0.481 e. The Kier molecular flexibility index (Phi) is 29.1. The molecule has 628 valence electrons. The molecule has 3 amide bonds. The first kappa shape index (κ1) is 89.1. The molecule has 18 nitrogen and oxygen atoms in total. The number of ketones is 6. The van der Waals surface area contributed by atoms with Gasteiger partial charge in [0.2, 0.25) is 17.7 Å². The Labute approximate surface area is 669 Å². The number of carbonyl (C=O) groups excluding carboxylic acids is 9. The summed E-state index contributed by atoms with van der Waals surface area (Å²) in [6.45, 7) is 38.3. The van der Waals surface area contributed by atoms with Gasteiger partial charge in [-0.15, -0.1) is 0 Å². The third-order valence-corrected chi connectivity index (χ3v) is 32.9. The largest absolute Gasteiger partial charge is 0.481 e. The minimum atomic E-state index is -1.16. The molecule has 4 saturated heterocycles. The van der Waals surface area contributed by atoms with E-state index in [-0.39, 0.29) is 134 Å². The Balaban J connectivity index is 0.000000210. The van der Waals surface area contributed by atoms with Crippen LogP contribution in [0.4, 0.5) is 0 Å². The number of aliphatic hydroxyl groups excluding tert-OH is 2. The van der Waals surface area contributed by atoms with Crippen molar-refractivity contribution in [2.45, 2.75) is 365 Å². The lowest BCUT2D eigenvalue weighted by Crippen LogP contribution is -2.53. The van der Waals surface area contributed by atoms with Gasteiger partial charge in [0.1, 0.15) is 18.0 Å². The number of rotatable bonds is 33. The summed E-state index contributed by atoms with van der Waals surface area (Å²) in [5.41, 5.74) is -0.897. The highest BCUT2D eigenvalue weighted by Crippen LogP contribution is 2.89. The van der Waals surface area contributed by atoms with Gasteiger partial charge < -0.3 is 40.2 Å². The average molecular weight is 1550 g/mol. The van der Waals surface area contributed by atoms with Crippen LogP contribution in [-0.2, 0) is 47.9 Å². The zero-order valence-corrected chi connectivity index (χ0v) is 72.1. The summed E-state index contributed by atoms with van der Waals surface area (Å²) in [4.78, 5) is 146. The number of nitrogens with one attached hydrogen (secondary N) is 1. The molecule has 12 fully saturated rings. The van der Waals surface area contributed by atoms with Crippen LogP contribution in [0.1, 0.15) is 335 Å². The number of nitrogens with zero attached hydrogens (tertiary/aromatic N) is 4. The van der Waals surface area contributed by atoms with Crippen molar-refractivity contribution < 1.29 is 63.3 Å². The maximum Gasteiger partial charge on any atom is 0.307 e. The van der Waals surface area contributed by atoms with E-state index in [2.05, 4.69) is 84.4 Å². The fraction of sp³-hybridized carbons (Fsp3) is 0.892. The Hall–Kier alpha value is -4.26. The van der Waals surface area contributed by atoms with Crippen molar-refractivity contribution in [2.75, 3.05) is 52.4 Å². The second-order valence-corrected chi connectivity index (χ2v) is 41.8. The Morgan fingerprint density at radius 2 is 0.847 bits per heavy atom. The van der Waals surface area contributed by atoms with Crippen molar-refractivity contribution in [3.63, 3.8) is 0 Å². The number of likely N-dealkylation sites (tertiary alicyclic amines) is 4. The molecule has 8 saturated carbocycles. The first-order valence-corrected chi connectivity index (χ1v) is 45.4. The monoisotopic (exact) mass is 1550 g/mol. The fourth-order valence-corrected chi connectivity index (χ4v) is 24.3. The van der Waals surface area contributed by atoms with Crippen molar-refractivity contribution in [1.82, 2.24) is 24.9 Å². The van der Waals surface area contributed by atoms with E-state index in [0.717, 1.165) is 174 Å². The lowest BCUT2D eigenvalue weighted by atomic mass is 9.72. The SMILES string of the molecule is CCC[C@H](CC(=O)[C@@H]1C[C@@]2(CN1C(=O)[C@@H](CC(=O)[C@@H](C)C1CCCCC1)C(C)(C)C)C(C)(C)C21CCC1)C(O)C(=O)CC1CC1.CCC[C@H](CC(=O)[C@@H]1C[C@@]2(CN1C(=O)[C@@H](CC(=O)[C@@H](NC(=O)[C@@H]1CCCN(CC)C1)C1CCCCC1)C(C)(C)C)C(C)(C)C21CCC1)C(O)C(=O)CC1CC1.CCN1CCC[C@@H](C(=O)O)C1. The average Bonchev–Trinajstić information content (AvgIpc) is 1.46. The molecule has 4 spiro atoms. The number of carbonyl (C=O) groups is 10. The van der Waals surface area contributed by atoms with Crippen molar-refractivity contribution in [3.05, 3.63) is 0 Å². The quantitative estimate of drug-likeness (QED) is 0.0476. The van der Waals surface area contributed by atoms with Gasteiger partial charge in [-0.1, -0.05) is 168 Å². The molecule has 12 rings (SSSR count). The Morgan fingerprint density at radius 1 is 0.459 bits per heavy atom. The van der Waals surface area contributed by atoms with Gasteiger partial charge in [-0.25, -0.2) is 0 Å². The van der Waals surface area contributed by atoms with Crippen LogP contribution in [0.5, 0.6) is 0 Å². The first-order chi connectivity index (χ1) is 52.3. The topological polar surface area (TPSA) is 256 Å². The van der Waals surface area contributed by atoms with Crippen LogP contribution in [0, 0.1) is 108 Å². The number of aliphatic carboxylic acids is 1. The van der Waals surface area contributed by atoms with Crippen molar-refractivity contribution in [1.29, 1.82) is 0 Å². The highest BCUT2D eigenvalue weighted by Gasteiger charge is 2.86. The maximum atomic E-state index is 15.2. The standard InChI is InChI=1S/C46H75N3O6.C39H63NO5.C8H15NO2/c1-8-15-32(40(53)38(52)24-30-19-20-30)25-36(50)35-27-46(44(6,7)45(46)21-14-22-45)29-49(35)42(55)34(43(3,4)5)26-37(51)39(31-16-11-10-12-17-31)47-41(54)33-18-13-23-48(9-2)28-33;1-8-13-28(34(44)33(43)20-26-16-17-26)21-32(42)30-23-39(37(6,7)38(39)18-12-19-38)24-40(30)35(45)29(36(3,4)5)22-31(41)25(2)27-14-10-9-11-15-27;1-2-9-5-3-4-7(6-9)8(10)11/h30-35,39-40,53H,8-29H2,1-7H3,(H,47,54);25-30,34,44H,8-24H2,1-7H3;7H,2-6H2,1H3,(H,10,11)/t32-,33-,34-,35+,39+,40?,46-;25-,28+,29+,30-,34?,39+;7-/m101/s1. The third kappa shape index (κ3) is 18.8. The van der Waals surface area contributed by atoms with Crippen molar-refractivity contribution >= 4 is 58.4 Å². The number of amides is 3. The molecule has 4 aliphatic heterocycles. The van der Waals surface area contributed by atoms with E-state index in [1.807, 2.05) is 44.4 Å². The normalized spacial score (nSPS) is 29.7. The van der Waals surface area contributed by atoms with Gasteiger partial charge >= 0.3 is 5.97 Å². The van der Waals surface area contributed by atoms with Gasteiger partial charge in [0.15, 0.2) is 28.9 Å². The van der Waals surface area contributed by atoms with Gasteiger partial charge in [0.25, 0.3) is 0 Å². The van der Waals surface area contributed by atoms with E-state index >= 15 is 4.79 Å². The zero-order valence-electron chi connectivity index (χ0n) is 72.1. The number of hydrogen-bond donors (Lipinski definition) is 4. The molecular formula is C93H153N5O13. The second kappa shape index (κ2) is 36.3. The van der Waals surface area contributed by atoms with Crippen LogP contribution < -0.4 is 5.32 Å². The summed E-state index contributed by atoms with van der Waals surface area (Å²) in [6, 6.07) is -1.81. The van der Waals surface area contributed by atoms with Crippen LogP contribution in [0.2, 0.25) is 0 Å². The second-order valence-electron chi connectivity index (χ2n) is 41.8. The summed E-state index contributed by atoms with van der Waals surface area (Å²) in [7, 11) is 0. The number of carboxylic acids is 1.